The van der Waals surface area contributed by atoms with Gasteiger partial charge in [-0.2, -0.15) is 0 Å². The number of carbonyl (C=O) groups is 2. The molecule has 0 saturated heterocycles. The molecule has 1 aromatic heterocycles. The maximum Gasteiger partial charge on any atom is 0.345 e. The molecule has 1 heterocycles. The fraction of sp³-hybridized carbons (Fsp3) is 0.545. The van der Waals surface area contributed by atoms with Gasteiger partial charge in [0.2, 0.25) is 5.88 Å². The Kier molecular flexibility index (Phi) is 5.80. The van der Waals surface area contributed by atoms with Crippen LogP contribution in [0.25, 0.3) is 0 Å². The summed E-state index contributed by atoms with van der Waals surface area (Å²) in [5.74, 6) is -0.626. The van der Waals surface area contributed by atoms with Gasteiger partial charge < -0.3 is 19.3 Å². The van der Waals surface area contributed by atoms with Gasteiger partial charge >= 0.3 is 12.0 Å². The summed E-state index contributed by atoms with van der Waals surface area (Å²) in [5.41, 5.74) is 0.467. The van der Waals surface area contributed by atoms with Gasteiger partial charge in [0.25, 0.3) is 0 Å². The van der Waals surface area contributed by atoms with Gasteiger partial charge in [0.05, 0.1) is 18.9 Å². The lowest BCUT2D eigenvalue weighted by Crippen LogP contribution is -2.31. The molecule has 0 saturated carbocycles. The third-order valence-electron chi connectivity index (χ3n) is 2.16. The number of hydrogen-bond acceptors (Lipinski definition) is 6. The molecule has 1 aromatic rings. The van der Waals surface area contributed by atoms with Crippen molar-refractivity contribution in [1.82, 2.24) is 10.5 Å². The zero-order valence-corrected chi connectivity index (χ0v) is 11.1. The van der Waals surface area contributed by atoms with Crippen molar-refractivity contribution in [3.05, 3.63) is 11.3 Å². The lowest BCUT2D eigenvalue weighted by molar-refractivity contribution is 0.0526. The number of amides is 2. The molecule has 0 fully saturated rings. The first-order valence-corrected chi connectivity index (χ1v) is 5.77. The van der Waals surface area contributed by atoms with Gasteiger partial charge in [-0.05, 0) is 13.8 Å². The minimum atomic E-state index is -0.589. The van der Waals surface area contributed by atoms with Crippen LogP contribution in [0.15, 0.2) is 4.52 Å². The van der Waals surface area contributed by atoms with E-state index >= 15 is 0 Å². The van der Waals surface area contributed by atoms with Crippen molar-refractivity contribution in [2.75, 3.05) is 32.2 Å². The third-order valence-corrected chi connectivity index (χ3v) is 2.16. The maximum atomic E-state index is 11.7. The predicted octanol–water partition coefficient (Wildman–Crippen LogP) is 0.928. The van der Waals surface area contributed by atoms with Crippen LogP contribution in [0.3, 0.4) is 0 Å². The van der Waals surface area contributed by atoms with E-state index < -0.39 is 12.0 Å². The van der Waals surface area contributed by atoms with Crippen molar-refractivity contribution >= 4 is 17.9 Å². The van der Waals surface area contributed by atoms with Gasteiger partial charge in [0, 0.05) is 13.7 Å². The number of ether oxygens (including phenoxy) is 2. The SMILES string of the molecule is CCOC(=O)c1c(C)noc1NC(=O)NCCOC. The molecule has 0 aromatic carbocycles. The van der Waals surface area contributed by atoms with Gasteiger partial charge in [-0.1, -0.05) is 5.16 Å². The Morgan fingerprint density at radius 2 is 2.16 bits per heavy atom. The molecule has 0 atom stereocenters. The third kappa shape index (κ3) is 4.25. The number of methoxy groups -OCH3 is 1. The lowest BCUT2D eigenvalue weighted by atomic mass is 10.2. The Labute approximate surface area is 110 Å². The first-order chi connectivity index (χ1) is 9.10. The minimum Gasteiger partial charge on any atom is -0.462 e. The van der Waals surface area contributed by atoms with Gasteiger partial charge in [0.1, 0.15) is 5.56 Å². The summed E-state index contributed by atoms with van der Waals surface area (Å²) in [5, 5.41) is 8.54. The molecule has 0 radical (unpaired) electrons. The number of aromatic nitrogens is 1. The fourth-order valence-electron chi connectivity index (χ4n) is 1.31. The standard InChI is InChI=1S/C11H17N3O5/c1-4-18-10(15)8-7(2)14-19-9(8)13-11(16)12-5-6-17-3/h4-6H2,1-3H3,(H2,12,13,16). The number of rotatable bonds is 6. The number of esters is 1. The summed E-state index contributed by atoms with van der Waals surface area (Å²) in [6.45, 7) is 4.22. The van der Waals surface area contributed by atoms with Crippen LogP contribution >= 0.6 is 0 Å². The highest BCUT2D eigenvalue weighted by molar-refractivity contribution is 5.99. The highest BCUT2D eigenvalue weighted by Crippen LogP contribution is 2.20. The summed E-state index contributed by atoms with van der Waals surface area (Å²) in [4.78, 5) is 23.2. The number of anilines is 1. The van der Waals surface area contributed by atoms with Crippen LogP contribution < -0.4 is 10.6 Å². The van der Waals surface area contributed by atoms with Crippen molar-refractivity contribution in [2.45, 2.75) is 13.8 Å². The second-order valence-corrected chi connectivity index (χ2v) is 3.57. The lowest BCUT2D eigenvalue weighted by Gasteiger charge is -2.06. The zero-order chi connectivity index (χ0) is 14.3. The Balaban J connectivity index is 2.68. The average Bonchev–Trinajstić information content (AvgIpc) is 2.71. The Hall–Kier alpha value is -2.09. The summed E-state index contributed by atoms with van der Waals surface area (Å²) in [6.07, 6.45) is 0. The summed E-state index contributed by atoms with van der Waals surface area (Å²) < 4.78 is 14.5. The molecule has 0 spiro atoms. The van der Waals surface area contributed by atoms with E-state index in [1.54, 1.807) is 13.8 Å². The molecule has 8 nitrogen and oxygen atoms in total. The van der Waals surface area contributed by atoms with Crippen molar-refractivity contribution in [3.8, 4) is 0 Å². The van der Waals surface area contributed by atoms with E-state index in [4.69, 9.17) is 14.0 Å². The highest BCUT2D eigenvalue weighted by Gasteiger charge is 2.23. The van der Waals surface area contributed by atoms with Gasteiger partial charge in [0.15, 0.2) is 0 Å². The number of nitrogens with one attached hydrogen (secondary N) is 2. The normalized spacial score (nSPS) is 10.1. The van der Waals surface area contributed by atoms with E-state index in [2.05, 4.69) is 15.8 Å². The number of carbonyl (C=O) groups excluding carboxylic acids is 2. The molecule has 0 aliphatic carbocycles. The first-order valence-electron chi connectivity index (χ1n) is 5.77. The van der Waals surface area contributed by atoms with Gasteiger partial charge in [-0.25, -0.2) is 9.59 Å². The molecular formula is C11H17N3O5. The van der Waals surface area contributed by atoms with Crippen molar-refractivity contribution < 1.29 is 23.6 Å². The zero-order valence-electron chi connectivity index (χ0n) is 11.1. The van der Waals surface area contributed by atoms with E-state index in [0.717, 1.165) is 0 Å². The van der Waals surface area contributed by atoms with Crippen LogP contribution in [0.2, 0.25) is 0 Å². The highest BCUT2D eigenvalue weighted by atomic mass is 16.5. The van der Waals surface area contributed by atoms with Gasteiger partial charge in [-0.3, -0.25) is 5.32 Å². The van der Waals surface area contributed by atoms with Crippen LogP contribution in [0.5, 0.6) is 0 Å². The maximum absolute atomic E-state index is 11.7. The molecule has 19 heavy (non-hydrogen) atoms. The number of aryl methyl sites for hydroxylation is 1. The van der Waals surface area contributed by atoms with Crippen molar-refractivity contribution in [1.29, 1.82) is 0 Å². The summed E-state index contributed by atoms with van der Waals surface area (Å²) in [6, 6.07) is -0.515. The number of urea groups is 1. The number of nitrogens with zero attached hydrogens (tertiary/aromatic N) is 1. The van der Waals surface area contributed by atoms with Crippen LogP contribution in [0.4, 0.5) is 10.7 Å². The molecule has 0 bridgehead atoms. The molecule has 1 rings (SSSR count). The monoisotopic (exact) mass is 271 g/mol. The molecule has 0 aliphatic rings. The predicted molar refractivity (Wildman–Crippen MR) is 66.1 cm³/mol. The number of hydrogen-bond donors (Lipinski definition) is 2. The van der Waals surface area contributed by atoms with Crippen LogP contribution in [-0.2, 0) is 9.47 Å². The van der Waals surface area contributed by atoms with E-state index in [1.807, 2.05) is 0 Å². The molecule has 8 heteroatoms. The second kappa shape index (κ2) is 7.37. The average molecular weight is 271 g/mol. The Bertz CT molecular complexity index is 444. The molecule has 106 valence electrons. The molecule has 2 N–H and O–H groups in total. The molecule has 2 amide bonds. The van der Waals surface area contributed by atoms with Crippen molar-refractivity contribution in [2.24, 2.45) is 0 Å². The quantitative estimate of drug-likeness (QED) is 0.589. The van der Waals surface area contributed by atoms with E-state index in [-0.39, 0.29) is 18.1 Å². The summed E-state index contributed by atoms with van der Waals surface area (Å²) >= 11 is 0. The topological polar surface area (TPSA) is 103 Å². The van der Waals surface area contributed by atoms with E-state index in [9.17, 15) is 9.59 Å². The first kappa shape index (κ1) is 15.0. The molecule has 0 unspecified atom stereocenters. The summed E-state index contributed by atoms with van der Waals surface area (Å²) in [7, 11) is 1.53. The second-order valence-electron chi connectivity index (χ2n) is 3.57. The largest absolute Gasteiger partial charge is 0.462 e. The molecule has 0 aliphatic heterocycles. The van der Waals surface area contributed by atoms with Crippen LogP contribution in [0, 0.1) is 6.92 Å². The van der Waals surface area contributed by atoms with E-state index in [0.29, 0.717) is 18.8 Å². The minimum absolute atomic E-state index is 0.0362. The Morgan fingerprint density at radius 3 is 2.79 bits per heavy atom. The van der Waals surface area contributed by atoms with Crippen molar-refractivity contribution in [3.63, 3.8) is 0 Å². The Morgan fingerprint density at radius 1 is 1.42 bits per heavy atom. The van der Waals surface area contributed by atoms with Crippen LogP contribution in [-0.4, -0.2) is 44.0 Å². The molecular weight excluding hydrogens is 254 g/mol. The van der Waals surface area contributed by atoms with Crippen LogP contribution in [0.1, 0.15) is 23.0 Å². The fourth-order valence-corrected chi connectivity index (χ4v) is 1.31. The van der Waals surface area contributed by atoms with Gasteiger partial charge in [-0.15, -0.1) is 0 Å². The smallest absolute Gasteiger partial charge is 0.345 e. The van der Waals surface area contributed by atoms with E-state index in [1.165, 1.54) is 7.11 Å².